The molecule has 1 fully saturated rings. The van der Waals surface area contributed by atoms with Crippen LogP contribution in [0.25, 0.3) is 0 Å². The lowest BCUT2D eigenvalue weighted by atomic mass is 10.1. The van der Waals surface area contributed by atoms with E-state index >= 15 is 0 Å². The van der Waals surface area contributed by atoms with E-state index in [1.165, 1.54) is 0 Å². The Morgan fingerprint density at radius 1 is 1.25 bits per heavy atom. The summed E-state index contributed by atoms with van der Waals surface area (Å²) in [6.45, 7) is 8.44. The third kappa shape index (κ3) is 3.69. The minimum absolute atomic E-state index is 0.154. The average Bonchev–Trinajstić information content (AvgIpc) is 3.16. The maximum absolute atomic E-state index is 11.6. The van der Waals surface area contributed by atoms with Crippen molar-refractivity contribution in [3.63, 3.8) is 0 Å². The van der Waals surface area contributed by atoms with Crippen molar-refractivity contribution in [2.75, 3.05) is 23.4 Å². The molecule has 6 nitrogen and oxygen atoms in total. The van der Waals surface area contributed by atoms with E-state index in [2.05, 4.69) is 31.2 Å². The number of anilines is 2. The van der Waals surface area contributed by atoms with E-state index in [0.29, 0.717) is 19.1 Å². The monoisotopic (exact) mass is 328 g/mol. The van der Waals surface area contributed by atoms with Crippen molar-refractivity contribution in [2.24, 2.45) is 5.92 Å². The highest BCUT2D eigenvalue weighted by Crippen LogP contribution is 2.24. The summed E-state index contributed by atoms with van der Waals surface area (Å²) in [4.78, 5) is 13.2. The number of rotatable bonds is 6. The van der Waals surface area contributed by atoms with Gasteiger partial charge in [-0.3, -0.25) is 9.58 Å². The first-order valence-corrected chi connectivity index (χ1v) is 8.36. The summed E-state index contributed by atoms with van der Waals surface area (Å²) < 4.78 is 6.93. The van der Waals surface area contributed by atoms with Crippen LogP contribution in [0.5, 0.6) is 0 Å². The van der Waals surface area contributed by atoms with Gasteiger partial charge in [-0.2, -0.15) is 5.10 Å². The first-order chi connectivity index (χ1) is 11.5. The lowest BCUT2D eigenvalue weighted by Gasteiger charge is -2.17. The normalized spacial score (nSPS) is 15.7. The molecule has 2 aromatic rings. The Labute approximate surface area is 142 Å². The molecule has 1 atom stereocenters. The van der Waals surface area contributed by atoms with Gasteiger partial charge in [-0.1, -0.05) is 26.0 Å². The second-order valence-electron chi connectivity index (χ2n) is 6.57. The fraction of sp³-hybridized carbons (Fsp3) is 0.444. The average molecular weight is 328 g/mol. The van der Waals surface area contributed by atoms with Crippen LogP contribution in [0.1, 0.15) is 32.4 Å². The number of amides is 1. The van der Waals surface area contributed by atoms with Crippen LogP contribution >= 0.6 is 0 Å². The van der Waals surface area contributed by atoms with E-state index in [1.54, 1.807) is 4.90 Å². The van der Waals surface area contributed by atoms with Crippen LogP contribution in [-0.4, -0.2) is 29.0 Å². The van der Waals surface area contributed by atoms with Crippen molar-refractivity contribution in [1.82, 2.24) is 9.78 Å². The summed E-state index contributed by atoms with van der Waals surface area (Å²) in [5.74, 6) is 0.569. The smallest absolute Gasteiger partial charge is 0.414 e. The van der Waals surface area contributed by atoms with Gasteiger partial charge in [0.1, 0.15) is 6.61 Å². The largest absolute Gasteiger partial charge is 0.447 e. The Morgan fingerprint density at radius 3 is 2.62 bits per heavy atom. The fourth-order valence-electron chi connectivity index (χ4n) is 2.82. The summed E-state index contributed by atoms with van der Waals surface area (Å²) in [7, 11) is 0. The second-order valence-corrected chi connectivity index (χ2v) is 6.57. The van der Waals surface area contributed by atoms with Gasteiger partial charge in [0.15, 0.2) is 0 Å². The van der Waals surface area contributed by atoms with E-state index in [4.69, 9.17) is 4.74 Å². The molecule has 3 rings (SSSR count). The van der Waals surface area contributed by atoms with Crippen molar-refractivity contribution in [3.05, 3.63) is 42.2 Å². The highest BCUT2D eigenvalue weighted by Gasteiger charge is 2.23. The van der Waals surface area contributed by atoms with Crippen LogP contribution in [0.4, 0.5) is 16.2 Å². The number of nitrogens with zero attached hydrogens (tertiary/aromatic N) is 3. The zero-order valence-electron chi connectivity index (χ0n) is 14.4. The number of carbonyl (C=O) groups is 1. The number of hydrogen-bond donors (Lipinski definition) is 1. The first kappa shape index (κ1) is 16.4. The van der Waals surface area contributed by atoms with Crippen LogP contribution in [0.15, 0.2) is 36.7 Å². The summed E-state index contributed by atoms with van der Waals surface area (Å²) in [6.07, 6.45) is 3.62. The third-order valence-electron chi connectivity index (χ3n) is 4.03. The van der Waals surface area contributed by atoms with Crippen molar-refractivity contribution in [1.29, 1.82) is 0 Å². The predicted molar refractivity (Wildman–Crippen MR) is 94.2 cm³/mol. The maximum atomic E-state index is 11.6. The number of aromatic nitrogens is 2. The number of hydrogen-bond acceptors (Lipinski definition) is 4. The second kappa shape index (κ2) is 6.95. The fourth-order valence-corrected chi connectivity index (χ4v) is 2.82. The lowest BCUT2D eigenvalue weighted by Crippen LogP contribution is -2.23. The number of benzene rings is 1. The molecule has 0 aliphatic carbocycles. The standard InChI is InChI=1S/C18H24N4O2/c1-13(2)11-21-12-16(10-19-21)20-14(3)15-4-6-17(7-5-15)22-8-9-24-18(22)23/h4-7,10,12-14,20H,8-9,11H2,1-3H3. The molecule has 1 aliphatic heterocycles. The van der Waals surface area contributed by atoms with E-state index in [0.717, 1.165) is 23.5 Å². The maximum Gasteiger partial charge on any atom is 0.414 e. The summed E-state index contributed by atoms with van der Waals surface area (Å²) in [6, 6.07) is 8.15. The Morgan fingerprint density at radius 2 is 2.00 bits per heavy atom. The Kier molecular flexibility index (Phi) is 4.74. The number of cyclic esters (lactones) is 1. The highest BCUT2D eigenvalue weighted by molar-refractivity contribution is 5.89. The zero-order chi connectivity index (χ0) is 17.1. The Hall–Kier alpha value is -2.50. The highest BCUT2D eigenvalue weighted by atomic mass is 16.6. The van der Waals surface area contributed by atoms with Gasteiger partial charge in [-0.15, -0.1) is 0 Å². The molecule has 0 radical (unpaired) electrons. The number of carbonyl (C=O) groups excluding carboxylic acids is 1. The van der Waals surface area contributed by atoms with E-state index < -0.39 is 0 Å². The van der Waals surface area contributed by atoms with Gasteiger partial charge in [-0.05, 0) is 30.5 Å². The van der Waals surface area contributed by atoms with Crippen molar-refractivity contribution in [2.45, 2.75) is 33.4 Å². The van der Waals surface area contributed by atoms with Crippen molar-refractivity contribution in [3.8, 4) is 0 Å². The molecule has 24 heavy (non-hydrogen) atoms. The van der Waals surface area contributed by atoms with E-state index in [-0.39, 0.29) is 12.1 Å². The van der Waals surface area contributed by atoms with Crippen LogP contribution in [0, 0.1) is 5.92 Å². The van der Waals surface area contributed by atoms with Crippen LogP contribution in [-0.2, 0) is 11.3 Å². The minimum Gasteiger partial charge on any atom is -0.447 e. The molecule has 1 aromatic heterocycles. The van der Waals surface area contributed by atoms with Gasteiger partial charge in [0, 0.05) is 24.5 Å². The molecular weight excluding hydrogens is 304 g/mol. The molecule has 0 saturated carbocycles. The van der Waals surface area contributed by atoms with E-state index in [9.17, 15) is 4.79 Å². The topological polar surface area (TPSA) is 59.4 Å². The van der Waals surface area contributed by atoms with Gasteiger partial charge in [-0.25, -0.2) is 4.79 Å². The first-order valence-electron chi connectivity index (χ1n) is 8.36. The zero-order valence-corrected chi connectivity index (χ0v) is 14.4. The molecule has 6 heteroatoms. The van der Waals surface area contributed by atoms with Crippen molar-refractivity contribution < 1.29 is 9.53 Å². The van der Waals surface area contributed by atoms with Gasteiger partial charge >= 0.3 is 6.09 Å². The van der Waals surface area contributed by atoms with Crippen LogP contribution in [0.3, 0.4) is 0 Å². The van der Waals surface area contributed by atoms with Gasteiger partial charge in [0.25, 0.3) is 0 Å². The molecule has 1 amide bonds. The predicted octanol–water partition coefficient (Wildman–Crippen LogP) is 3.67. The van der Waals surface area contributed by atoms with E-state index in [1.807, 2.05) is 41.3 Å². The minimum atomic E-state index is -0.272. The lowest BCUT2D eigenvalue weighted by molar-refractivity contribution is 0.181. The summed E-state index contributed by atoms with van der Waals surface area (Å²) in [5, 5.41) is 7.83. The number of nitrogens with one attached hydrogen (secondary N) is 1. The molecule has 128 valence electrons. The Balaban J connectivity index is 1.63. The number of ether oxygens (including phenoxy) is 1. The Bertz CT molecular complexity index is 693. The molecule has 1 aliphatic rings. The molecule has 0 spiro atoms. The molecule has 2 heterocycles. The molecule has 0 bridgehead atoms. The van der Waals surface area contributed by atoms with Gasteiger partial charge in [0.05, 0.1) is 18.4 Å². The third-order valence-corrected chi connectivity index (χ3v) is 4.03. The molecule has 1 unspecified atom stereocenters. The summed E-state index contributed by atoms with van der Waals surface area (Å²) in [5.41, 5.74) is 3.04. The van der Waals surface area contributed by atoms with Crippen LogP contribution in [0.2, 0.25) is 0 Å². The molecular formula is C18H24N4O2. The SMILES string of the molecule is CC(C)Cn1cc(NC(C)c2ccc(N3CCOC3=O)cc2)cn1. The molecule has 1 saturated heterocycles. The van der Waals surface area contributed by atoms with Gasteiger partial charge in [0.2, 0.25) is 0 Å². The molecule has 1 N–H and O–H groups in total. The summed E-state index contributed by atoms with van der Waals surface area (Å²) >= 11 is 0. The van der Waals surface area contributed by atoms with Crippen LogP contribution < -0.4 is 10.2 Å². The quantitative estimate of drug-likeness (QED) is 0.879. The molecule has 1 aromatic carbocycles. The van der Waals surface area contributed by atoms with Crippen molar-refractivity contribution >= 4 is 17.5 Å². The van der Waals surface area contributed by atoms with Gasteiger partial charge < -0.3 is 10.1 Å².